The van der Waals surface area contributed by atoms with Crippen LogP contribution in [0.1, 0.15) is 34.6 Å². The number of aliphatic imine (C=N–C) groups is 1. The molecular weight excluding hydrogens is 494 g/mol. The second-order valence-electron chi connectivity index (χ2n) is 8.65. The highest BCUT2D eigenvalue weighted by Crippen LogP contribution is 2.38. The molecule has 1 heterocycles. The third kappa shape index (κ3) is 5.61. The monoisotopic (exact) mass is 519 g/mol. The summed E-state index contributed by atoms with van der Waals surface area (Å²) < 4.78 is 0.887. The number of carboxylic acids is 1. The number of carbonyl (C=O) groups excluding carboxylic acids is 1. The van der Waals surface area contributed by atoms with Crippen LogP contribution in [0.25, 0.3) is 0 Å². The lowest BCUT2D eigenvalue weighted by Crippen LogP contribution is -2.22. The van der Waals surface area contributed by atoms with Gasteiger partial charge in [0, 0.05) is 23.1 Å². The molecule has 7 heteroatoms. The fraction of sp³-hybridized carbons (Fsp3) is 0.222. The van der Waals surface area contributed by atoms with E-state index in [2.05, 4.69) is 32.2 Å². The molecule has 34 heavy (non-hydrogen) atoms. The lowest BCUT2D eigenvalue weighted by atomic mass is 9.89. The van der Waals surface area contributed by atoms with Crippen molar-refractivity contribution >= 4 is 44.9 Å². The largest absolute Gasteiger partial charge is 0.481 e. The Bertz CT molecular complexity index is 1270. The third-order valence-corrected chi connectivity index (χ3v) is 6.12. The maximum absolute atomic E-state index is 13.2. The van der Waals surface area contributed by atoms with Crippen LogP contribution in [0.3, 0.4) is 0 Å². The highest BCUT2D eigenvalue weighted by atomic mass is 79.9. The van der Waals surface area contributed by atoms with Crippen molar-refractivity contribution in [1.82, 2.24) is 4.90 Å². The molecule has 1 unspecified atom stereocenters. The summed E-state index contributed by atoms with van der Waals surface area (Å²) in [5.74, 6) is -1.55. The number of rotatable bonds is 8. The average Bonchev–Trinajstić information content (AvgIpc) is 3.10. The van der Waals surface area contributed by atoms with E-state index >= 15 is 0 Å². The van der Waals surface area contributed by atoms with Crippen LogP contribution in [-0.2, 0) is 22.6 Å². The first-order chi connectivity index (χ1) is 16.3. The predicted octanol–water partition coefficient (Wildman–Crippen LogP) is 5.38. The van der Waals surface area contributed by atoms with Crippen molar-refractivity contribution in [2.45, 2.75) is 25.3 Å². The van der Waals surface area contributed by atoms with E-state index in [1.807, 2.05) is 74.8 Å². The minimum Gasteiger partial charge on any atom is -0.481 e. The van der Waals surface area contributed by atoms with Crippen LogP contribution in [0.5, 0.6) is 0 Å². The number of carbonyl (C=O) groups is 2. The molecule has 0 aliphatic carbocycles. The number of benzene rings is 3. The topological polar surface area (TPSA) is 82.0 Å². The van der Waals surface area contributed by atoms with E-state index in [1.165, 1.54) is 0 Å². The SMILES string of the molecule is CN(C)Cc1cccc(N=C(c2cccc(CCC(=O)O)c2)C2C(=O)Nc3cc(Br)ccc32)c1. The Morgan fingerprint density at radius 1 is 1.06 bits per heavy atom. The minimum absolute atomic E-state index is 0.0449. The zero-order valence-electron chi connectivity index (χ0n) is 19.1. The maximum atomic E-state index is 13.2. The molecule has 174 valence electrons. The lowest BCUT2D eigenvalue weighted by molar-refractivity contribution is -0.137. The van der Waals surface area contributed by atoms with Crippen LogP contribution < -0.4 is 5.32 Å². The van der Waals surface area contributed by atoms with Gasteiger partial charge in [-0.05, 0) is 73.1 Å². The molecule has 3 aromatic rings. The molecule has 3 aromatic carbocycles. The van der Waals surface area contributed by atoms with E-state index in [0.29, 0.717) is 12.1 Å². The van der Waals surface area contributed by atoms with Crippen LogP contribution in [0.15, 0.2) is 76.2 Å². The Labute approximate surface area is 207 Å². The second kappa shape index (κ2) is 10.3. The summed E-state index contributed by atoms with van der Waals surface area (Å²) in [7, 11) is 4.03. The average molecular weight is 520 g/mol. The highest BCUT2D eigenvalue weighted by Gasteiger charge is 2.35. The highest BCUT2D eigenvalue weighted by molar-refractivity contribution is 9.10. The lowest BCUT2D eigenvalue weighted by Gasteiger charge is -2.16. The molecule has 0 aromatic heterocycles. The number of aryl methyl sites for hydroxylation is 1. The molecule has 0 bridgehead atoms. The molecule has 0 spiro atoms. The fourth-order valence-corrected chi connectivity index (χ4v) is 4.53. The number of amides is 1. The predicted molar refractivity (Wildman–Crippen MR) is 138 cm³/mol. The Kier molecular flexibility index (Phi) is 7.24. The van der Waals surface area contributed by atoms with E-state index < -0.39 is 11.9 Å². The minimum atomic E-state index is -0.841. The van der Waals surface area contributed by atoms with Crippen molar-refractivity contribution in [1.29, 1.82) is 0 Å². The van der Waals surface area contributed by atoms with Crippen LogP contribution in [0, 0.1) is 0 Å². The normalized spacial score (nSPS) is 15.4. The van der Waals surface area contributed by atoms with Crippen molar-refractivity contribution < 1.29 is 14.7 Å². The van der Waals surface area contributed by atoms with Crippen LogP contribution >= 0.6 is 15.9 Å². The van der Waals surface area contributed by atoms with Crippen molar-refractivity contribution in [3.05, 3.63) is 93.5 Å². The summed E-state index contributed by atoms with van der Waals surface area (Å²) in [5.41, 5.74) is 5.86. The van der Waals surface area contributed by atoms with Crippen molar-refractivity contribution in [2.24, 2.45) is 4.99 Å². The van der Waals surface area contributed by atoms with Gasteiger partial charge in [0.1, 0.15) is 5.92 Å². The third-order valence-electron chi connectivity index (χ3n) is 5.63. The first-order valence-corrected chi connectivity index (χ1v) is 11.8. The molecule has 2 N–H and O–H groups in total. The number of nitrogens with one attached hydrogen (secondary N) is 1. The standard InChI is InChI=1S/C27H26BrN3O3/c1-31(2)16-18-6-4-8-21(14-18)29-26(19-7-3-5-17(13-19)9-12-24(32)33)25-22-11-10-20(28)15-23(22)30-27(25)34/h3-8,10-11,13-15,25H,9,12,16H2,1-2H3,(H,30,34)(H,32,33). The Morgan fingerprint density at radius 2 is 1.82 bits per heavy atom. The molecule has 0 saturated heterocycles. The van der Waals surface area contributed by atoms with E-state index in [0.717, 1.165) is 44.6 Å². The Morgan fingerprint density at radius 3 is 2.59 bits per heavy atom. The molecule has 0 fully saturated rings. The van der Waals surface area contributed by atoms with Gasteiger partial charge >= 0.3 is 5.97 Å². The summed E-state index contributed by atoms with van der Waals surface area (Å²) in [6.07, 6.45) is 0.457. The molecule has 6 nitrogen and oxygen atoms in total. The molecule has 1 aliphatic heterocycles. The van der Waals surface area contributed by atoms with Crippen molar-refractivity contribution in [2.75, 3.05) is 19.4 Å². The number of hydrogen-bond acceptors (Lipinski definition) is 4. The summed E-state index contributed by atoms with van der Waals surface area (Å²) >= 11 is 3.47. The number of aliphatic carboxylic acids is 1. The van der Waals surface area contributed by atoms with Gasteiger partial charge in [-0.2, -0.15) is 0 Å². The number of nitrogens with zero attached hydrogens (tertiary/aromatic N) is 2. The smallest absolute Gasteiger partial charge is 0.303 e. The molecular formula is C27H26BrN3O3. The van der Waals surface area contributed by atoms with E-state index in [9.17, 15) is 9.59 Å². The quantitative estimate of drug-likeness (QED) is 0.391. The molecule has 1 amide bonds. The van der Waals surface area contributed by atoms with E-state index in [1.54, 1.807) is 0 Å². The summed E-state index contributed by atoms with van der Waals surface area (Å²) in [6.45, 7) is 0.782. The number of fused-ring (bicyclic) bond motifs is 1. The second-order valence-corrected chi connectivity index (χ2v) is 9.57. The van der Waals surface area contributed by atoms with Gasteiger partial charge in [-0.15, -0.1) is 0 Å². The van der Waals surface area contributed by atoms with Crippen LogP contribution in [0.2, 0.25) is 0 Å². The zero-order valence-corrected chi connectivity index (χ0v) is 20.7. The van der Waals surface area contributed by atoms with E-state index in [4.69, 9.17) is 10.1 Å². The maximum Gasteiger partial charge on any atom is 0.303 e. The van der Waals surface area contributed by atoms with Gasteiger partial charge in [0.25, 0.3) is 0 Å². The summed E-state index contributed by atoms with van der Waals surface area (Å²) in [5, 5.41) is 12.1. The van der Waals surface area contributed by atoms with Crippen molar-refractivity contribution in [3.63, 3.8) is 0 Å². The molecule has 1 atom stereocenters. The van der Waals surface area contributed by atoms with Crippen LogP contribution in [-0.4, -0.2) is 41.7 Å². The summed E-state index contributed by atoms with van der Waals surface area (Å²) in [4.78, 5) is 31.3. The van der Waals surface area contributed by atoms with Gasteiger partial charge in [-0.25, -0.2) is 0 Å². The van der Waals surface area contributed by atoms with Crippen molar-refractivity contribution in [3.8, 4) is 0 Å². The summed E-state index contributed by atoms with van der Waals surface area (Å²) in [6, 6.07) is 21.4. The number of anilines is 1. The van der Waals surface area contributed by atoms with Gasteiger partial charge < -0.3 is 15.3 Å². The molecule has 4 rings (SSSR count). The zero-order chi connectivity index (χ0) is 24.2. The number of hydrogen-bond donors (Lipinski definition) is 2. The first kappa shape index (κ1) is 23.9. The van der Waals surface area contributed by atoms with Crippen LogP contribution in [0.4, 0.5) is 11.4 Å². The fourth-order valence-electron chi connectivity index (χ4n) is 4.17. The van der Waals surface area contributed by atoms with Gasteiger partial charge in [-0.1, -0.05) is 52.3 Å². The Balaban J connectivity index is 1.82. The van der Waals surface area contributed by atoms with Gasteiger partial charge in [0.15, 0.2) is 0 Å². The molecule has 0 saturated carbocycles. The van der Waals surface area contributed by atoms with Gasteiger partial charge in [0.05, 0.1) is 11.4 Å². The first-order valence-electron chi connectivity index (χ1n) is 11.0. The van der Waals surface area contributed by atoms with Gasteiger partial charge in [-0.3, -0.25) is 14.6 Å². The number of halogens is 1. The molecule has 0 radical (unpaired) electrons. The Hall–Kier alpha value is -3.29. The molecule has 1 aliphatic rings. The van der Waals surface area contributed by atoms with E-state index in [-0.39, 0.29) is 12.3 Å². The van der Waals surface area contributed by atoms with Gasteiger partial charge in [0.2, 0.25) is 5.91 Å². The number of carboxylic acid groups (broad SMARTS) is 1.